The quantitative estimate of drug-likeness (QED) is 0.842. The van der Waals surface area contributed by atoms with Crippen molar-refractivity contribution in [2.75, 3.05) is 11.9 Å². The van der Waals surface area contributed by atoms with Crippen molar-refractivity contribution >= 4 is 11.5 Å². The minimum absolute atomic E-state index is 0.436. The second-order valence-electron chi connectivity index (χ2n) is 3.68. The van der Waals surface area contributed by atoms with Crippen molar-refractivity contribution in [1.82, 2.24) is 9.97 Å². The van der Waals surface area contributed by atoms with Crippen LogP contribution in [0.15, 0.2) is 36.8 Å². The van der Waals surface area contributed by atoms with E-state index in [1.165, 1.54) is 0 Å². The molecule has 1 aromatic carbocycles. The zero-order valence-electron chi connectivity index (χ0n) is 10.3. The molecule has 0 aliphatic heterocycles. The summed E-state index contributed by atoms with van der Waals surface area (Å²) in [6.45, 7) is 3.02. The fraction of sp³-hybridized carbons (Fsp3) is 0.231. The van der Waals surface area contributed by atoms with Crippen LogP contribution in [-0.4, -0.2) is 16.6 Å². The van der Waals surface area contributed by atoms with Crippen LogP contribution in [0.3, 0.4) is 0 Å². The van der Waals surface area contributed by atoms with Crippen molar-refractivity contribution in [1.29, 1.82) is 0 Å². The van der Waals surface area contributed by atoms with Crippen LogP contribution in [0.5, 0.6) is 5.75 Å². The third-order valence-electron chi connectivity index (χ3n) is 2.42. The summed E-state index contributed by atoms with van der Waals surface area (Å²) in [6.07, 6.45) is 4.94. The number of nitrogens with one attached hydrogen (secondary N) is 1. The van der Waals surface area contributed by atoms with E-state index in [2.05, 4.69) is 15.3 Å². The summed E-state index contributed by atoms with van der Waals surface area (Å²) in [6, 6.07) is 5.79. The zero-order valence-corrected chi connectivity index (χ0v) is 10.3. The second-order valence-corrected chi connectivity index (χ2v) is 3.68. The van der Waals surface area contributed by atoms with Crippen LogP contribution in [-0.2, 0) is 6.54 Å². The van der Waals surface area contributed by atoms with Gasteiger partial charge >= 0.3 is 0 Å². The van der Waals surface area contributed by atoms with Gasteiger partial charge in [-0.3, -0.25) is 4.98 Å². The van der Waals surface area contributed by atoms with E-state index in [1.807, 2.05) is 25.1 Å². The first-order valence-corrected chi connectivity index (χ1v) is 5.82. The van der Waals surface area contributed by atoms with E-state index in [0.29, 0.717) is 19.0 Å². The number of aromatic nitrogens is 2. The highest BCUT2D eigenvalue weighted by Crippen LogP contribution is 2.24. The number of nitrogens with zero attached hydrogens (tertiary/aromatic N) is 2. The van der Waals surface area contributed by atoms with Gasteiger partial charge in [0.1, 0.15) is 11.6 Å². The number of rotatable bonds is 5. The van der Waals surface area contributed by atoms with E-state index in [1.54, 1.807) is 18.6 Å². The van der Waals surface area contributed by atoms with Gasteiger partial charge in [0.25, 0.3) is 0 Å². The molecule has 18 heavy (non-hydrogen) atoms. The number of anilines is 2. The zero-order chi connectivity index (χ0) is 12.8. The van der Waals surface area contributed by atoms with E-state index >= 15 is 0 Å². The lowest BCUT2D eigenvalue weighted by atomic mass is 10.1. The van der Waals surface area contributed by atoms with Gasteiger partial charge in [0, 0.05) is 30.2 Å². The van der Waals surface area contributed by atoms with E-state index < -0.39 is 0 Å². The summed E-state index contributed by atoms with van der Waals surface area (Å²) in [7, 11) is 0. The Morgan fingerprint density at radius 1 is 1.33 bits per heavy atom. The summed E-state index contributed by atoms with van der Waals surface area (Å²) < 4.78 is 5.50. The molecule has 94 valence electrons. The standard InChI is InChI=1S/C13H16N4O/c1-2-18-12-4-3-11(7-10(12)8-14)17-13-9-15-5-6-16-13/h3-7,9H,2,8,14H2,1H3,(H,16,17). The Bertz CT molecular complexity index is 502. The average molecular weight is 244 g/mol. The monoisotopic (exact) mass is 244 g/mol. The molecule has 1 heterocycles. The van der Waals surface area contributed by atoms with Gasteiger partial charge in [0.2, 0.25) is 0 Å². The molecule has 5 heteroatoms. The Hall–Kier alpha value is -2.14. The van der Waals surface area contributed by atoms with E-state index in [-0.39, 0.29) is 0 Å². The number of hydrogen-bond donors (Lipinski definition) is 2. The van der Waals surface area contributed by atoms with E-state index in [4.69, 9.17) is 10.5 Å². The Morgan fingerprint density at radius 3 is 2.89 bits per heavy atom. The predicted molar refractivity (Wildman–Crippen MR) is 70.8 cm³/mol. The lowest BCUT2D eigenvalue weighted by Crippen LogP contribution is -2.03. The van der Waals surface area contributed by atoms with Crippen LogP contribution in [0.1, 0.15) is 12.5 Å². The highest BCUT2D eigenvalue weighted by atomic mass is 16.5. The Kier molecular flexibility index (Phi) is 4.09. The molecular formula is C13H16N4O. The SMILES string of the molecule is CCOc1ccc(Nc2cnccn2)cc1CN. The third kappa shape index (κ3) is 2.95. The molecule has 0 radical (unpaired) electrons. The van der Waals surface area contributed by atoms with Crippen LogP contribution < -0.4 is 15.8 Å². The largest absolute Gasteiger partial charge is 0.494 e. The predicted octanol–water partition coefficient (Wildman–Crippen LogP) is 2.08. The molecule has 0 spiro atoms. The number of benzene rings is 1. The van der Waals surface area contributed by atoms with Gasteiger partial charge < -0.3 is 15.8 Å². The summed E-state index contributed by atoms with van der Waals surface area (Å²) in [5.41, 5.74) is 7.59. The third-order valence-corrected chi connectivity index (χ3v) is 2.42. The van der Waals surface area contributed by atoms with E-state index in [9.17, 15) is 0 Å². The minimum Gasteiger partial charge on any atom is -0.494 e. The topological polar surface area (TPSA) is 73.1 Å². The maximum absolute atomic E-state index is 5.71. The van der Waals surface area contributed by atoms with Gasteiger partial charge in [0.15, 0.2) is 0 Å². The molecule has 5 nitrogen and oxygen atoms in total. The Morgan fingerprint density at radius 2 is 2.22 bits per heavy atom. The summed E-state index contributed by atoms with van der Waals surface area (Å²) in [5.74, 6) is 1.52. The minimum atomic E-state index is 0.436. The average Bonchev–Trinajstić information content (AvgIpc) is 2.42. The molecule has 0 fully saturated rings. The maximum Gasteiger partial charge on any atom is 0.148 e. The van der Waals surface area contributed by atoms with Gasteiger partial charge in [-0.25, -0.2) is 4.98 Å². The Labute approximate surface area is 106 Å². The van der Waals surface area contributed by atoms with Crippen LogP contribution >= 0.6 is 0 Å². The van der Waals surface area contributed by atoms with Crippen molar-refractivity contribution < 1.29 is 4.74 Å². The number of ether oxygens (including phenoxy) is 1. The smallest absolute Gasteiger partial charge is 0.148 e. The van der Waals surface area contributed by atoms with Crippen LogP contribution in [0.2, 0.25) is 0 Å². The van der Waals surface area contributed by atoms with Crippen molar-refractivity contribution in [2.45, 2.75) is 13.5 Å². The molecule has 0 saturated carbocycles. The fourth-order valence-corrected chi connectivity index (χ4v) is 1.62. The van der Waals surface area contributed by atoms with E-state index in [0.717, 1.165) is 17.0 Å². The molecule has 1 aromatic heterocycles. The molecule has 3 N–H and O–H groups in total. The summed E-state index contributed by atoms with van der Waals surface area (Å²) in [5, 5.41) is 3.16. The van der Waals surface area contributed by atoms with Crippen molar-refractivity contribution in [3.05, 3.63) is 42.4 Å². The van der Waals surface area contributed by atoms with Gasteiger partial charge in [-0.15, -0.1) is 0 Å². The molecule has 0 aliphatic rings. The highest BCUT2D eigenvalue weighted by molar-refractivity contribution is 5.58. The van der Waals surface area contributed by atoms with Crippen LogP contribution in [0, 0.1) is 0 Å². The van der Waals surface area contributed by atoms with Crippen molar-refractivity contribution in [3.63, 3.8) is 0 Å². The fourth-order valence-electron chi connectivity index (χ4n) is 1.62. The van der Waals surface area contributed by atoms with Crippen LogP contribution in [0.25, 0.3) is 0 Å². The van der Waals surface area contributed by atoms with Gasteiger partial charge in [-0.2, -0.15) is 0 Å². The first-order chi connectivity index (χ1) is 8.83. The lowest BCUT2D eigenvalue weighted by molar-refractivity contribution is 0.336. The summed E-state index contributed by atoms with van der Waals surface area (Å²) in [4.78, 5) is 8.15. The molecule has 0 atom stereocenters. The molecular weight excluding hydrogens is 228 g/mol. The van der Waals surface area contributed by atoms with Crippen LogP contribution in [0.4, 0.5) is 11.5 Å². The molecule has 2 rings (SSSR count). The lowest BCUT2D eigenvalue weighted by Gasteiger charge is -2.11. The first-order valence-electron chi connectivity index (χ1n) is 5.82. The number of hydrogen-bond acceptors (Lipinski definition) is 5. The normalized spacial score (nSPS) is 10.1. The van der Waals surface area contributed by atoms with Gasteiger partial charge in [-0.05, 0) is 25.1 Å². The Balaban J connectivity index is 2.19. The van der Waals surface area contributed by atoms with Gasteiger partial charge in [-0.1, -0.05) is 0 Å². The molecule has 0 amide bonds. The highest BCUT2D eigenvalue weighted by Gasteiger charge is 2.04. The van der Waals surface area contributed by atoms with Gasteiger partial charge in [0.05, 0.1) is 12.8 Å². The van der Waals surface area contributed by atoms with Crippen molar-refractivity contribution in [3.8, 4) is 5.75 Å². The molecule has 0 unspecified atom stereocenters. The molecule has 0 bridgehead atoms. The van der Waals surface area contributed by atoms with Crippen molar-refractivity contribution in [2.24, 2.45) is 5.73 Å². The first kappa shape index (κ1) is 12.3. The number of nitrogens with two attached hydrogens (primary N) is 1. The second kappa shape index (κ2) is 5.97. The molecule has 2 aromatic rings. The maximum atomic E-state index is 5.71. The molecule has 0 saturated heterocycles. The molecule has 0 aliphatic carbocycles. The summed E-state index contributed by atoms with van der Waals surface area (Å²) >= 11 is 0.